The smallest absolute Gasteiger partial charge is 0.410 e. The van der Waals surface area contributed by atoms with Crippen LogP contribution in [0.25, 0.3) is 0 Å². The summed E-state index contributed by atoms with van der Waals surface area (Å²) in [7, 11) is 1.79. The molecule has 1 saturated heterocycles. The molecule has 1 aromatic carbocycles. The Kier molecular flexibility index (Phi) is 10.6. The number of rotatable bonds is 5. The Labute approximate surface area is 186 Å². The van der Waals surface area contributed by atoms with Gasteiger partial charge >= 0.3 is 6.09 Å². The minimum atomic E-state index is -0.437. The van der Waals surface area contributed by atoms with Crippen molar-refractivity contribution in [3.8, 4) is 0 Å². The number of likely N-dealkylation sites (tertiary alicyclic amines) is 1. The normalized spacial score (nSPS) is 15.6. The van der Waals surface area contributed by atoms with Crippen LogP contribution in [0.2, 0.25) is 0 Å². The summed E-state index contributed by atoms with van der Waals surface area (Å²) in [6.07, 6.45) is 2.73. The fourth-order valence-electron chi connectivity index (χ4n) is 3.08. The van der Waals surface area contributed by atoms with Crippen LogP contribution in [0.1, 0.15) is 39.2 Å². The molecule has 1 aromatic rings. The van der Waals surface area contributed by atoms with Crippen molar-refractivity contribution in [1.29, 1.82) is 0 Å². The lowest BCUT2D eigenvalue weighted by Gasteiger charge is -2.33. The molecule has 2 rings (SSSR count). The van der Waals surface area contributed by atoms with E-state index in [-0.39, 0.29) is 30.1 Å². The zero-order chi connectivity index (χ0) is 19.7. The Hall–Kier alpha value is -1.51. The topological polar surface area (TPSA) is 66.0 Å². The van der Waals surface area contributed by atoms with E-state index in [4.69, 9.17) is 4.74 Å². The summed E-state index contributed by atoms with van der Waals surface area (Å²) < 4.78 is 5.45. The number of carbonyl (C=O) groups excluding carboxylic acids is 1. The van der Waals surface area contributed by atoms with Gasteiger partial charge in [0.1, 0.15) is 5.60 Å². The number of guanidine groups is 1. The van der Waals surface area contributed by atoms with Gasteiger partial charge in [-0.05, 0) is 51.5 Å². The largest absolute Gasteiger partial charge is 0.444 e. The second-order valence-corrected chi connectivity index (χ2v) is 8.03. The molecule has 158 valence electrons. The molecule has 0 aromatic heterocycles. The van der Waals surface area contributed by atoms with Crippen LogP contribution in [0.15, 0.2) is 35.3 Å². The molecule has 1 aliphatic rings. The molecule has 0 saturated carbocycles. The average molecular weight is 502 g/mol. The van der Waals surface area contributed by atoms with Crippen molar-refractivity contribution in [3.63, 3.8) is 0 Å². The molecule has 28 heavy (non-hydrogen) atoms. The van der Waals surface area contributed by atoms with Crippen molar-refractivity contribution < 1.29 is 9.53 Å². The standard InChI is InChI=1S/C21H34N4O2.HI/c1-21(2,3)27-20(26)25-14-11-18(12-15-25)16-24-19(22-4)23-13-10-17-8-6-5-7-9-17;/h5-9,18H,10-16H2,1-4H3,(H2,22,23,24);1H. The van der Waals surface area contributed by atoms with E-state index in [1.807, 2.05) is 31.7 Å². The highest BCUT2D eigenvalue weighted by molar-refractivity contribution is 14.0. The van der Waals surface area contributed by atoms with Crippen LogP contribution >= 0.6 is 24.0 Å². The third kappa shape index (κ3) is 9.12. The van der Waals surface area contributed by atoms with Crippen LogP contribution in [0.4, 0.5) is 4.79 Å². The van der Waals surface area contributed by atoms with Gasteiger partial charge < -0.3 is 20.3 Å². The van der Waals surface area contributed by atoms with Crippen molar-refractivity contribution in [2.45, 2.75) is 45.6 Å². The van der Waals surface area contributed by atoms with Gasteiger partial charge in [0.05, 0.1) is 0 Å². The zero-order valence-corrected chi connectivity index (χ0v) is 19.9. The van der Waals surface area contributed by atoms with Gasteiger partial charge in [-0.15, -0.1) is 24.0 Å². The summed E-state index contributed by atoms with van der Waals surface area (Å²) in [5.74, 6) is 1.37. The van der Waals surface area contributed by atoms with E-state index in [0.717, 1.165) is 51.4 Å². The molecule has 0 radical (unpaired) electrons. The predicted octanol–water partition coefficient (Wildman–Crippen LogP) is 3.66. The lowest BCUT2D eigenvalue weighted by molar-refractivity contribution is 0.0185. The lowest BCUT2D eigenvalue weighted by Crippen LogP contribution is -2.45. The number of hydrogen-bond acceptors (Lipinski definition) is 3. The van der Waals surface area contributed by atoms with E-state index in [9.17, 15) is 4.79 Å². The Bertz CT molecular complexity index is 609. The second-order valence-electron chi connectivity index (χ2n) is 8.03. The molecule has 0 unspecified atom stereocenters. The number of nitrogens with zero attached hydrogens (tertiary/aromatic N) is 2. The molecule has 1 heterocycles. The van der Waals surface area contributed by atoms with Crippen molar-refractivity contribution in [2.75, 3.05) is 33.2 Å². The minimum Gasteiger partial charge on any atom is -0.444 e. The Morgan fingerprint density at radius 2 is 1.82 bits per heavy atom. The van der Waals surface area contributed by atoms with E-state index in [1.165, 1.54) is 5.56 Å². The predicted molar refractivity (Wildman–Crippen MR) is 125 cm³/mol. The zero-order valence-electron chi connectivity index (χ0n) is 17.5. The Morgan fingerprint density at radius 3 is 2.39 bits per heavy atom. The molecule has 6 nitrogen and oxygen atoms in total. The fraction of sp³-hybridized carbons (Fsp3) is 0.619. The third-order valence-corrected chi connectivity index (χ3v) is 4.60. The number of nitrogens with one attached hydrogen (secondary N) is 2. The highest BCUT2D eigenvalue weighted by atomic mass is 127. The van der Waals surface area contributed by atoms with E-state index in [1.54, 1.807) is 7.05 Å². The molecule has 7 heteroatoms. The quantitative estimate of drug-likeness (QED) is 0.367. The molecular weight excluding hydrogens is 467 g/mol. The van der Waals surface area contributed by atoms with Crippen molar-refractivity contribution >= 4 is 36.0 Å². The first kappa shape index (κ1) is 24.5. The van der Waals surface area contributed by atoms with E-state index in [0.29, 0.717) is 5.92 Å². The molecule has 0 atom stereocenters. The van der Waals surface area contributed by atoms with Crippen LogP contribution < -0.4 is 10.6 Å². The third-order valence-electron chi connectivity index (χ3n) is 4.60. The van der Waals surface area contributed by atoms with Crippen LogP contribution in [-0.2, 0) is 11.2 Å². The maximum absolute atomic E-state index is 12.1. The fourth-order valence-corrected chi connectivity index (χ4v) is 3.08. The highest BCUT2D eigenvalue weighted by Crippen LogP contribution is 2.19. The Balaban J connectivity index is 0.00000392. The van der Waals surface area contributed by atoms with E-state index in [2.05, 4.69) is 39.9 Å². The van der Waals surface area contributed by atoms with E-state index >= 15 is 0 Å². The Morgan fingerprint density at radius 1 is 1.18 bits per heavy atom. The van der Waals surface area contributed by atoms with Crippen molar-refractivity contribution in [3.05, 3.63) is 35.9 Å². The van der Waals surface area contributed by atoms with Crippen LogP contribution in [0, 0.1) is 5.92 Å². The number of halogens is 1. The molecule has 1 fully saturated rings. The van der Waals surface area contributed by atoms with Gasteiger partial charge in [-0.1, -0.05) is 30.3 Å². The molecule has 0 bridgehead atoms. The average Bonchev–Trinajstić information content (AvgIpc) is 2.64. The molecule has 2 N–H and O–H groups in total. The van der Waals surface area contributed by atoms with Crippen LogP contribution in [-0.4, -0.2) is 55.8 Å². The number of aliphatic imine (C=N–C) groups is 1. The first-order chi connectivity index (χ1) is 12.9. The second kappa shape index (κ2) is 12.1. The van der Waals surface area contributed by atoms with Gasteiger partial charge in [0.25, 0.3) is 0 Å². The van der Waals surface area contributed by atoms with Gasteiger partial charge in [-0.25, -0.2) is 4.79 Å². The maximum atomic E-state index is 12.1. The van der Waals surface area contributed by atoms with Crippen LogP contribution in [0.5, 0.6) is 0 Å². The highest BCUT2D eigenvalue weighted by Gasteiger charge is 2.26. The molecule has 1 amide bonds. The molecular formula is C21H35IN4O2. The summed E-state index contributed by atoms with van der Waals surface area (Å²) in [6.45, 7) is 8.92. The first-order valence-corrected chi connectivity index (χ1v) is 9.84. The summed E-state index contributed by atoms with van der Waals surface area (Å²) >= 11 is 0. The summed E-state index contributed by atoms with van der Waals surface area (Å²) in [6, 6.07) is 10.4. The van der Waals surface area contributed by atoms with Crippen molar-refractivity contribution in [2.24, 2.45) is 10.9 Å². The van der Waals surface area contributed by atoms with Gasteiger partial charge in [0.15, 0.2) is 5.96 Å². The number of amides is 1. The summed E-state index contributed by atoms with van der Waals surface area (Å²) in [5.41, 5.74) is 0.878. The first-order valence-electron chi connectivity index (χ1n) is 9.84. The lowest BCUT2D eigenvalue weighted by atomic mass is 9.97. The van der Waals surface area contributed by atoms with E-state index < -0.39 is 5.60 Å². The maximum Gasteiger partial charge on any atom is 0.410 e. The van der Waals surface area contributed by atoms with Gasteiger partial charge in [0, 0.05) is 33.2 Å². The van der Waals surface area contributed by atoms with Gasteiger partial charge in [-0.2, -0.15) is 0 Å². The number of carbonyl (C=O) groups is 1. The number of piperidine rings is 1. The minimum absolute atomic E-state index is 0. The molecule has 1 aliphatic heterocycles. The monoisotopic (exact) mass is 502 g/mol. The number of benzene rings is 1. The molecule has 0 aliphatic carbocycles. The SMILES string of the molecule is CN=C(NCCc1ccccc1)NCC1CCN(C(=O)OC(C)(C)C)CC1.I. The summed E-state index contributed by atoms with van der Waals surface area (Å²) in [5, 5.41) is 6.78. The number of ether oxygens (including phenoxy) is 1. The number of hydrogen-bond donors (Lipinski definition) is 2. The van der Waals surface area contributed by atoms with Crippen molar-refractivity contribution in [1.82, 2.24) is 15.5 Å². The van der Waals surface area contributed by atoms with Gasteiger partial charge in [-0.3, -0.25) is 4.99 Å². The van der Waals surface area contributed by atoms with Gasteiger partial charge in [0.2, 0.25) is 0 Å². The van der Waals surface area contributed by atoms with Crippen LogP contribution in [0.3, 0.4) is 0 Å². The summed E-state index contributed by atoms with van der Waals surface area (Å²) in [4.78, 5) is 18.2. The molecule has 0 spiro atoms.